The molecule has 9 aromatic carbocycles. The van der Waals surface area contributed by atoms with Gasteiger partial charge in [0, 0.05) is 22.6 Å². The van der Waals surface area contributed by atoms with Gasteiger partial charge < -0.3 is 4.90 Å². The Bertz CT molecular complexity index is 3040. The Labute approximate surface area is 349 Å². The first kappa shape index (κ1) is 34.9. The van der Waals surface area contributed by atoms with Crippen molar-refractivity contribution in [1.29, 1.82) is 0 Å². The van der Waals surface area contributed by atoms with Crippen molar-refractivity contribution in [2.75, 3.05) is 4.90 Å². The van der Waals surface area contributed by atoms with E-state index < -0.39 is 5.41 Å². The van der Waals surface area contributed by atoms with Gasteiger partial charge in [0.25, 0.3) is 0 Å². The minimum atomic E-state index is -0.505. The van der Waals surface area contributed by atoms with Gasteiger partial charge in [-0.25, -0.2) is 4.98 Å². The predicted octanol–water partition coefficient (Wildman–Crippen LogP) is 15.1. The third kappa shape index (κ3) is 5.98. The predicted molar refractivity (Wildman–Crippen MR) is 248 cm³/mol. The number of hydrogen-bond acceptors (Lipinski definition) is 3. The Hall–Kier alpha value is -7.33. The Morgan fingerprint density at radius 3 is 1.56 bits per heavy atom. The summed E-state index contributed by atoms with van der Waals surface area (Å²) in [6.07, 6.45) is 0. The van der Waals surface area contributed by atoms with E-state index >= 15 is 0 Å². The van der Waals surface area contributed by atoms with Gasteiger partial charge in [0.1, 0.15) is 5.01 Å². The summed E-state index contributed by atoms with van der Waals surface area (Å²) in [6, 6.07) is 83.7. The van der Waals surface area contributed by atoms with Gasteiger partial charge in [-0.05, 0) is 98.1 Å². The molecule has 278 valence electrons. The molecule has 0 bridgehead atoms. The van der Waals surface area contributed by atoms with Crippen LogP contribution in [0.3, 0.4) is 0 Å². The highest BCUT2D eigenvalue weighted by atomic mass is 32.1. The molecule has 59 heavy (non-hydrogen) atoms. The van der Waals surface area contributed by atoms with Crippen molar-refractivity contribution in [1.82, 2.24) is 4.98 Å². The Balaban J connectivity index is 1.09. The summed E-state index contributed by atoms with van der Waals surface area (Å²) in [4.78, 5) is 7.56. The van der Waals surface area contributed by atoms with Gasteiger partial charge in [0.2, 0.25) is 0 Å². The first-order valence-electron chi connectivity index (χ1n) is 20.1. The van der Waals surface area contributed by atoms with Gasteiger partial charge in [-0.15, -0.1) is 11.3 Å². The number of anilines is 3. The Kier molecular flexibility index (Phi) is 8.61. The standard InChI is InChI=1S/C56H38N2S/c1-5-16-39(17-6-1)41-28-30-42(31-29-41)55-57-53-35-33-48(38-54(53)59-55)58(46-25-15-20-43(36-46)40-18-7-2-8-19-40)47-32-34-50-49-26-13-14-27-51(49)56(52(50)37-47,44-21-9-3-10-22-44)45-23-11-4-12-24-45/h1-38H. The SMILES string of the molecule is c1ccc(-c2ccc(-c3nc4ccc(N(c5cccc(-c6ccccc6)c5)c5ccc6c(c5)C(c5ccccc5)(c5ccccc5)c5ccccc5-6)cc4s3)cc2)cc1. The second-order valence-corrected chi connectivity index (χ2v) is 16.2. The van der Waals surface area contributed by atoms with Crippen molar-refractivity contribution in [2.24, 2.45) is 0 Å². The lowest BCUT2D eigenvalue weighted by molar-refractivity contribution is 0.768. The van der Waals surface area contributed by atoms with E-state index in [-0.39, 0.29) is 0 Å². The van der Waals surface area contributed by atoms with Crippen LogP contribution in [-0.2, 0) is 5.41 Å². The second-order valence-electron chi connectivity index (χ2n) is 15.1. The number of hydrogen-bond donors (Lipinski definition) is 0. The van der Waals surface area contributed by atoms with Crippen molar-refractivity contribution in [3.8, 4) is 44.0 Å². The number of fused-ring (bicyclic) bond motifs is 4. The Morgan fingerprint density at radius 1 is 0.356 bits per heavy atom. The minimum absolute atomic E-state index is 0.505. The first-order chi connectivity index (χ1) is 29.2. The molecule has 0 amide bonds. The number of benzene rings is 9. The molecule has 1 aromatic heterocycles. The largest absolute Gasteiger partial charge is 0.310 e. The van der Waals surface area contributed by atoms with Crippen LogP contribution < -0.4 is 4.90 Å². The molecule has 2 nitrogen and oxygen atoms in total. The van der Waals surface area contributed by atoms with Crippen molar-refractivity contribution in [2.45, 2.75) is 5.41 Å². The maximum Gasteiger partial charge on any atom is 0.124 e. The van der Waals surface area contributed by atoms with Crippen molar-refractivity contribution >= 4 is 38.6 Å². The molecular weight excluding hydrogens is 733 g/mol. The zero-order valence-electron chi connectivity index (χ0n) is 32.2. The monoisotopic (exact) mass is 770 g/mol. The van der Waals surface area contributed by atoms with E-state index in [1.54, 1.807) is 11.3 Å². The van der Waals surface area contributed by atoms with E-state index in [2.05, 4.69) is 235 Å². The summed E-state index contributed by atoms with van der Waals surface area (Å²) in [6.45, 7) is 0. The van der Waals surface area contributed by atoms with Gasteiger partial charge in [0.15, 0.2) is 0 Å². The fourth-order valence-electron chi connectivity index (χ4n) is 9.09. The van der Waals surface area contributed by atoms with Gasteiger partial charge in [0.05, 0.1) is 15.6 Å². The van der Waals surface area contributed by atoms with E-state index in [1.807, 2.05) is 0 Å². The highest BCUT2D eigenvalue weighted by Crippen LogP contribution is 2.57. The van der Waals surface area contributed by atoms with Gasteiger partial charge in [-0.3, -0.25) is 0 Å². The minimum Gasteiger partial charge on any atom is -0.310 e. The number of thiazole rings is 1. The highest BCUT2D eigenvalue weighted by Gasteiger charge is 2.46. The van der Waals surface area contributed by atoms with Crippen molar-refractivity contribution in [3.63, 3.8) is 0 Å². The summed E-state index contributed by atoms with van der Waals surface area (Å²) < 4.78 is 1.14. The topological polar surface area (TPSA) is 16.1 Å². The summed E-state index contributed by atoms with van der Waals surface area (Å²) in [5.41, 5.74) is 17.3. The smallest absolute Gasteiger partial charge is 0.124 e. The average Bonchev–Trinajstić information content (AvgIpc) is 3.88. The van der Waals surface area contributed by atoms with Gasteiger partial charge >= 0.3 is 0 Å². The maximum atomic E-state index is 5.14. The second kappa shape index (κ2) is 14.6. The molecule has 0 N–H and O–H groups in total. The lowest BCUT2D eigenvalue weighted by Crippen LogP contribution is -2.28. The number of aromatic nitrogens is 1. The molecule has 0 unspecified atom stereocenters. The molecule has 1 aliphatic rings. The molecular formula is C56H38N2S. The van der Waals surface area contributed by atoms with Crippen molar-refractivity contribution in [3.05, 3.63) is 253 Å². The molecule has 11 rings (SSSR count). The van der Waals surface area contributed by atoms with Crippen LogP contribution >= 0.6 is 11.3 Å². The lowest BCUT2D eigenvalue weighted by Gasteiger charge is -2.35. The lowest BCUT2D eigenvalue weighted by atomic mass is 9.67. The fourth-order valence-corrected chi connectivity index (χ4v) is 10.1. The molecule has 1 aliphatic carbocycles. The summed E-state index contributed by atoms with van der Waals surface area (Å²) in [7, 11) is 0. The van der Waals surface area contributed by atoms with Crippen LogP contribution in [0, 0.1) is 0 Å². The van der Waals surface area contributed by atoms with E-state index in [9.17, 15) is 0 Å². The van der Waals surface area contributed by atoms with Crippen molar-refractivity contribution < 1.29 is 0 Å². The summed E-state index contributed by atoms with van der Waals surface area (Å²) in [5, 5.41) is 1.01. The average molecular weight is 771 g/mol. The molecule has 0 aliphatic heterocycles. The molecule has 0 atom stereocenters. The Morgan fingerprint density at radius 2 is 0.864 bits per heavy atom. The normalized spacial score (nSPS) is 12.5. The third-order valence-electron chi connectivity index (χ3n) is 11.8. The number of rotatable bonds is 8. The highest BCUT2D eigenvalue weighted by molar-refractivity contribution is 7.21. The zero-order chi connectivity index (χ0) is 39.2. The molecule has 0 fully saturated rings. The van der Waals surface area contributed by atoms with Crippen LogP contribution in [0.15, 0.2) is 231 Å². The van der Waals surface area contributed by atoms with Crippen LogP contribution in [0.25, 0.3) is 54.2 Å². The van der Waals surface area contributed by atoms with Crippen LogP contribution in [0.2, 0.25) is 0 Å². The van der Waals surface area contributed by atoms with Crippen LogP contribution in [0.1, 0.15) is 22.3 Å². The van der Waals surface area contributed by atoms with E-state index in [0.29, 0.717) is 0 Å². The molecule has 0 radical (unpaired) electrons. The van der Waals surface area contributed by atoms with Crippen LogP contribution in [0.4, 0.5) is 17.1 Å². The maximum absolute atomic E-state index is 5.14. The molecule has 10 aromatic rings. The molecule has 3 heteroatoms. The van der Waals surface area contributed by atoms with Crippen LogP contribution in [-0.4, -0.2) is 4.98 Å². The summed E-state index contributed by atoms with van der Waals surface area (Å²) >= 11 is 1.74. The molecule has 0 spiro atoms. The van der Waals surface area contributed by atoms with Gasteiger partial charge in [-0.2, -0.15) is 0 Å². The molecule has 1 heterocycles. The molecule has 0 saturated carbocycles. The van der Waals surface area contributed by atoms with Crippen LogP contribution in [0.5, 0.6) is 0 Å². The van der Waals surface area contributed by atoms with E-state index in [1.165, 1.54) is 55.6 Å². The number of nitrogens with zero attached hydrogens (tertiary/aromatic N) is 2. The first-order valence-corrected chi connectivity index (χ1v) is 20.9. The zero-order valence-corrected chi connectivity index (χ0v) is 33.1. The fraction of sp³-hybridized carbons (Fsp3) is 0.0179. The third-order valence-corrected chi connectivity index (χ3v) is 12.8. The molecule has 0 saturated heterocycles. The van der Waals surface area contributed by atoms with E-state index in [0.717, 1.165) is 37.8 Å². The quantitative estimate of drug-likeness (QED) is 0.153. The van der Waals surface area contributed by atoms with E-state index in [4.69, 9.17) is 4.98 Å². The summed E-state index contributed by atoms with van der Waals surface area (Å²) in [5.74, 6) is 0. The van der Waals surface area contributed by atoms with Gasteiger partial charge in [-0.1, -0.05) is 188 Å².